The van der Waals surface area contributed by atoms with E-state index in [0.717, 1.165) is 13.0 Å². The molecule has 0 rings (SSSR count). The van der Waals surface area contributed by atoms with E-state index in [4.69, 9.17) is 16.6 Å². The van der Waals surface area contributed by atoms with Gasteiger partial charge in [0.2, 0.25) is 0 Å². The fourth-order valence-corrected chi connectivity index (χ4v) is 0. The SMILES string of the molecule is CC(N)C(=O)O.CCCN. The van der Waals surface area contributed by atoms with Gasteiger partial charge in [0, 0.05) is 0 Å². The van der Waals surface area contributed by atoms with Crippen LogP contribution in [0.3, 0.4) is 0 Å². The Hall–Kier alpha value is -0.610. The van der Waals surface area contributed by atoms with Crippen molar-refractivity contribution in [3.05, 3.63) is 0 Å². The minimum atomic E-state index is -0.963. The van der Waals surface area contributed by atoms with Gasteiger partial charge in [0.25, 0.3) is 0 Å². The number of carbonyl (C=O) groups is 1. The molecule has 0 aromatic heterocycles. The van der Waals surface area contributed by atoms with E-state index in [-0.39, 0.29) is 0 Å². The van der Waals surface area contributed by atoms with Crippen LogP contribution in [-0.2, 0) is 4.79 Å². The number of hydrogen-bond acceptors (Lipinski definition) is 3. The summed E-state index contributed by atoms with van der Waals surface area (Å²) in [5.41, 5.74) is 9.86. The van der Waals surface area contributed by atoms with E-state index in [2.05, 4.69) is 6.92 Å². The van der Waals surface area contributed by atoms with E-state index < -0.39 is 12.0 Å². The molecule has 0 radical (unpaired) electrons. The quantitative estimate of drug-likeness (QED) is 0.504. The molecule has 0 bridgehead atoms. The molecule has 4 nitrogen and oxygen atoms in total. The maximum absolute atomic E-state index is 9.57. The zero-order valence-corrected chi connectivity index (χ0v) is 6.50. The van der Waals surface area contributed by atoms with Gasteiger partial charge in [0.15, 0.2) is 0 Å². The van der Waals surface area contributed by atoms with Crippen molar-refractivity contribution in [3.8, 4) is 0 Å². The number of carboxylic acids is 1. The number of hydrogen-bond donors (Lipinski definition) is 3. The number of carboxylic acid groups (broad SMARTS) is 1. The van der Waals surface area contributed by atoms with E-state index >= 15 is 0 Å². The van der Waals surface area contributed by atoms with Crippen LogP contribution in [0.15, 0.2) is 0 Å². The molecule has 0 amide bonds. The molecule has 0 spiro atoms. The van der Waals surface area contributed by atoms with Gasteiger partial charge in [0.1, 0.15) is 6.04 Å². The fourth-order valence-electron chi connectivity index (χ4n) is 0. The van der Waals surface area contributed by atoms with Crippen molar-refractivity contribution in [3.63, 3.8) is 0 Å². The average molecular weight is 148 g/mol. The molecule has 10 heavy (non-hydrogen) atoms. The molecule has 1 atom stereocenters. The van der Waals surface area contributed by atoms with Crippen LogP contribution in [0.25, 0.3) is 0 Å². The van der Waals surface area contributed by atoms with Gasteiger partial charge in [-0.05, 0) is 19.9 Å². The van der Waals surface area contributed by atoms with E-state index in [9.17, 15) is 4.79 Å². The molecule has 5 N–H and O–H groups in total. The summed E-state index contributed by atoms with van der Waals surface area (Å²) in [6, 6.07) is -0.731. The van der Waals surface area contributed by atoms with Crippen LogP contribution < -0.4 is 11.5 Å². The van der Waals surface area contributed by atoms with Crippen molar-refractivity contribution in [2.24, 2.45) is 11.5 Å². The summed E-state index contributed by atoms with van der Waals surface area (Å²) >= 11 is 0. The molecule has 0 saturated heterocycles. The molecule has 0 saturated carbocycles. The van der Waals surface area contributed by atoms with Crippen LogP contribution in [0.1, 0.15) is 20.3 Å². The topological polar surface area (TPSA) is 89.3 Å². The van der Waals surface area contributed by atoms with E-state index in [0.29, 0.717) is 0 Å². The number of rotatable bonds is 2. The lowest BCUT2D eigenvalue weighted by Crippen LogP contribution is -2.25. The lowest BCUT2D eigenvalue weighted by atomic mass is 10.4. The summed E-state index contributed by atoms with van der Waals surface area (Å²) in [4.78, 5) is 9.57. The van der Waals surface area contributed by atoms with Gasteiger partial charge in [-0.1, -0.05) is 6.92 Å². The summed E-state index contributed by atoms with van der Waals surface area (Å²) in [5.74, 6) is -0.963. The summed E-state index contributed by atoms with van der Waals surface area (Å²) in [6.07, 6.45) is 1.10. The Labute approximate surface area is 61.2 Å². The molecule has 0 aliphatic carbocycles. The summed E-state index contributed by atoms with van der Waals surface area (Å²) in [5, 5.41) is 7.87. The van der Waals surface area contributed by atoms with E-state index in [1.54, 1.807) is 0 Å². The Morgan fingerprint density at radius 1 is 1.70 bits per heavy atom. The highest BCUT2D eigenvalue weighted by Crippen LogP contribution is 1.68. The molecular formula is C6H16N2O2. The first-order valence-electron chi connectivity index (χ1n) is 3.24. The molecule has 0 heterocycles. The molecule has 0 aliphatic rings. The second kappa shape index (κ2) is 8.39. The Morgan fingerprint density at radius 2 is 1.90 bits per heavy atom. The Morgan fingerprint density at radius 3 is 1.90 bits per heavy atom. The van der Waals surface area contributed by atoms with Gasteiger partial charge < -0.3 is 16.6 Å². The second-order valence-corrected chi connectivity index (χ2v) is 1.92. The lowest BCUT2D eigenvalue weighted by Gasteiger charge is -1.90. The minimum absolute atomic E-state index is 0.731. The molecule has 62 valence electrons. The minimum Gasteiger partial charge on any atom is -0.480 e. The third-order valence-electron chi connectivity index (χ3n) is 0.678. The van der Waals surface area contributed by atoms with Gasteiger partial charge >= 0.3 is 5.97 Å². The molecule has 0 aromatic rings. The fraction of sp³-hybridized carbons (Fsp3) is 0.833. The van der Waals surface area contributed by atoms with Crippen LogP contribution in [0, 0.1) is 0 Å². The highest BCUT2D eigenvalue weighted by atomic mass is 16.4. The summed E-state index contributed by atoms with van der Waals surface area (Å²) in [6.45, 7) is 4.29. The number of nitrogens with two attached hydrogens (primary N) is 2. The maximum Gasteiger partial charge on any atom is 0.320 e. The monoisotopic (exact) mass is 148 g/mol. The van der Waals surface area contributed by atoms with E-state index in [1.165, 1.54) is 6.92 Å². The van der Waals surface area contributed by atoms with Crippen molar-refractivity contribution in [2.75, 3.05) is 6.54 Å². The molecule has 4 heteroatoms. The zero-order chi connectivity index (χ0) is 8.57. The second-order valence-electron chi connectivity index (χ2n) is 1.92. The van der Waals surface area contributed by atoms with Crippen molar-refractivity contribution < 1.29 is 9.90 Å². The van der Waals surface area contributed by atoms with Crippen molar-refractivity contribution >= 4 is 5.97 Å². The Kier molecular flexibility index (Phi) is 10.2. The molecule has 0 aliphatic heterocycles. The van der Waals surface area contributed by atoms with Crippen molar-refractivity contribution in [1.29, 1.82) is 0 Å². The number of aliphatic carboxylic acids is 1. The summed E-state index contributed by atoms with van der Waals surface area (Å²) in [7, 11) is 0. The highest BCUT2D eigenvalue weighted by Gasteiger charge is 1.99. The highest BCUT2D eigenvalue weighted by molar-refractivity contribution is 5.72. The first-order valence-corrected chi connectivity index (χ1v) is 3.24. The molecule has 1 unspecified atom stereocenters. The third kappa shape index (κ3) is 15.7. The Balaban J connectivity index is 0. The van der Waals surface area contributed by atoms with Crippen LogP contribution in [-0.4, -0.2) is 23.7 Å². The van der Waals surface area contributed by atoms with Gasteiger partial charge in [-0.25, -0.2) is 0 Å². The third-order valence-corrected chi connectivity index (χ3v) is 0.678. The summed E-state index contributed by atoms with van der Waals surface area (Å²) < 4.78 is 0. The zero-order valence-electron chi connectivity index (χ0n) is 6.50. The lowest BCUT2D eigenvalue weighted by molar-refractivity contribution is -0.138. The average Bonchev–Trinajstić information content (AvgIpc) is 1.89. The molecule has 0 fully saturated rings. The first kappa shape index (κ1) is 12.1. The van der Waals surface area contributed by atoms with E-state index in [1.807, 2.05) is 0 Å². The maximum atomic E-state index is 9.57. The van der Waals surface area contributed by atoms with Gasteiger partial charge in [0.05, 0.1) is 0 Å². The molecule has 0 aromatic carbocycles. The molecular weight excluding hydrogens is 132 g/mol. The predicted molar refractivity (Wildman–Crippen MR) is 40.6 cm³/mol. The normalized spacial score (nSPS) is 11.2. The Bertz CT molecular complexity index is 81.8. The van der Waals surface area contributed by atoms with Gasteiger partial charge in [-0.15, -0.1) is 0 Å². The predicted octanol–water partition coefficient (Wildman–Crippen LogP) is -0.227. The van der Waals surface area contributed by atoms with Crippen molar-refractivity contribution in [2.45, 2.75) is 26.3 Å². The van der Waals surface area contributed by atoms with Crippen LogP contribution >= 0.6 is 0 Å². The van der Waals surface area contributed by atoms with Crippen LogP contribution in [0.5, 0.6) is 0 Å². The van der Waals surface area contributed by atoms with Gasteiger partial charge in [-0.2, -0.15) is 0 Å². The first-order chi connectivity index (χ1) is 4.56. The smallest absolute Gasteiger partial charge is 0.320 e. The van der Waals surface area contributed by atoms with Gasteiger partial charge in [-0.3, -0.25) is 4.79 Å². The van der Waals surface area contributed by atoms with Crippen LogP contribution in [0.2, 0.25) is 0 Å². The van der Waals surface area contributed by atoms with Crippen molar-refractivity contribution in [1.82, 2.24) is 0 Å². The largest absolute Gasteiger partial charge is 0.480 e. The standard InChI is InChI=1S/C3H7NO2.C3H9N/c1-2(4)3(5)6;1-2-3-4/h2H,4H2,1H3,(H,5,6);2-4H2,1H3. The van der Waals surface area contributed by atoms with Crippen LogP contribution in [0.4, 0.5) is 0 Å².